The minimum Gasteiger partial charge on any atom is -0.326 e. The minimum atomic E-state index is -0.0485. The van der Waals surface area contributed by atoms with Crippen molar-refractivity contribution in [2.75, 3.05) is 5.32 Å². The molecule has 2 aromatic carbocycles. The van der Waals surface area contributed by atoms with Crippen LogP contribution in [0.15, 0.2) is 48.5 Å². The summed E-state index contributed by atoms with van der Waals surface area (Å²) in [6, 6.07) is 15.5. The van der Waals surface area contributed by atoms with E-state index >= 15 is 0 Å². The molecule has 0 spiro atoms. The van der Waals surface area contributed by atoms with Gasteiger partial charge in [-0.15, -0.1) is 0 Å². The number of hydrogen-bond donors (Lipinski definition) is 1. The van der Waals surface area contributed by atoms with E-state index in [4.69, 9.17) is 11.6 Å². The first-order valence-electron chi connectivity index (χ1n) is 6.24. The van der Waals surface area contributed by atoms with E-state index in [2.05, 4.69) is 5.32 Å². The van der Waals surface area contributed by atoms with Crippen molar-refractivity contribution in [3.8, 4) is 11.1 Å². The first-order chi connectivity index (χ1) is 9.08. The second-order valence-electron chi connectivity index (χ2n) is 4.70. The van der Waals surface area contributed by atoms with Crippen LogP contribution in [0.4, 0.5) is 5.69 Å². The molecule has 0 saturated carbocycles. The summed E-state index contributed by atoms with van der Waals surface area (Å²) < 4.78 is 0. The smallest absolute Gasteiger partial charge is 0.226 e. The van der Waals surface area contributed by atoms with Gasteiger partial charge in [0, 0.05) is 17.2 Å². The molecule has 0 saturated heterocycles. The molecule has 2 rings (SSSR count). The Morgan fingerprint density at radius 2 is 1.79 bits per heavy atom. The normalized spacial score (nSPS) is 10.5. The summed E-state index contributed by atoms with van der Waals surface area (Å²) in [5.41, 5.74) is 2.75. The number of carbonyl (C=O) groups is 1. The fourth-order valence-corrected chi connectivity index (χ4v) is 2.02. The highest BCUT2D eigenvalue weighted by atomic mass is 35.5. The Kier molecular flexibility index (Phi) is 4.23. The van der Waals surface area contributed by atoms with Crippen molar-refractivity contribution < 1.29 is 4.79 Å². The van der Waals surface area contributed by atoms with Crippen molar-refractivity contribution in [2.24, 2.45) is 5.92 Å². The minimum absolute atomic E-state index is 0.0106. The zero-order valence-corrected chi connectivity index (χ0v) is 11.7. The van der Waals surface area contributed by atoms with E-state index in [1.165, 1.54) is 0 Å². The van der Waals surface area contributed by atoms with Crippen LogP contribution in [-0.4, -0.2) is 5.91 Å². The fraction of sp³-hybridized carbons (Fsp3) is 0.188. The summed E-state index contributed by atoms with van der Waals surface area (Å²) in [5, 5.41) is 3.47. The Balaban J connectivity index is 2.25. The van der Waals surface area contributed by atoms with Crippen LogP contribution in [0.25, 0.3) is 11.1 Å². The maximum atomic E-state index is 11.6. The first-order valence-corrected chi connectivity index (χ1v) is 6.61. The van der Waals surface area contributed by atoms with Crippen LogP contribution in [0, 0.1) is 5.92 Å². The third-order valence-electron chi connectivity index (χ3n) is 2.85. The molecule has 1 N–H and O–H groups in total. The molecule has 2 nitrogen and oxygen atoms in total. The summed E-state index contributed by atoms with van der Waals surface area (Å²) in [6.07, 6.45) is 0. The molecule has 1 amide bonds. The van der Waals surface area contributed by atoms with Gasteiger partial charge in [-0.3, -0.25) is 4.79 Å². The third-order valence-corrected chi connectivity index (χ3v) is 3.16. The Hall–Kier alpha value is -1.80. The summed E-state index contributed by atoms with van der Waals surface area (Å²) in [4.78, 5) is 11.6. The number of nitrogens with one attached hydrogen (secondary N) is 1. The molecule has 0 heterocycles. The number of halogens is 1. The standard InChI is InChI=1S/C16H16ClNO/c1-11(2)16(19)18-13-8-9-14(15(17)10-13)12-6-4-3-5-7-12/h3-11H,1-2H3,(H,18,19). The Labute approximate surface area is 118 Å². The summed E-state index contributed by atoms with van der Waals surface area (Å²) >= 11 is 6.28. The van der Waals surface area contributed by atoms with Gasteiger partial charge in [-0.25, -0.2) is 0 Å². The van der Waals surface area contributed by atoms with Gasteiger partial charge in [-0.05, 0) is 17.7 Å². The van der Waals surface area contributed by atoms with E-state index < -0.39 is 0 Å². The molecule has 0 aliphatic rings. The maximum absolute atomic E-state index is 11.6. The molecule has 0 aliphatic carbocycles. The molecule has 0 atom stereocenters. The molecule has 0 fully saturated rings. The molecule has 0 unspecified atom stereocenters. The topological polar surface area (TPSA) is 29.1 Å². The Bertz CT molecular complexity index is 579. The van der Waals surface area contributed by atoms with Crippen LogP contribution in [0.2, 0.25) is 5.02 Å². The van der Waals surface area contributed by atoms with Crippen molar-refractivity contribution in [1.29, 1.82) is 0 Å². The lowest BCUT2D eigenvalue weighted by Crippen LogP contribution is -2.17. The zero-order chi connectivity index (χ0) is 13.8. The van der Waals surface area contributed by atoms with E-state index in [1.54, 1.807) is 6.07 Å². The number of carbonyl (C=O) groups excluding carboxylic acids is 1. The van der Waals surface area contributed by atoms with Crippen molar-refractivity contribution in [1.82, 2.24) is 0 Å². The average Bonchev–Trinajstić information content (AvgIpc) is 2.39. The first kappa shape index (κ1) is 13.6. The van der Waals surface area contributed by atoms with Crippen LogP contribution < -0.4 is 5.32 Å². The molecule has 0 radical (unpaired) electrons. The third kappa shape index (κ3) is 3.36. The van der Waals surface area contributed by atoms with Crippen molar-refractivity contribution >= 4 is 23.2 Å². The zero-order valence-electron chi connectivity index (χ0n) is 11.0. The van der Waals surface area contributed by atoms with Gasteiger partial charge >= 0.3 is 0 Å². The van der Waals surface area contributed by atoms with Crippen molar-refractivity contribution in [3.63, 3.8) is 0 Å². The van der Waals surface area contributed by atoms with Crippen molar-refractivity contribution in [3.05, 3.63) is 53.6 Å². The molecule has 19 heavy (non-hydrogen) atoms. The van der Waals surface area contributed by atoms with Gasteiger partial charge in [0.25, 0.3) is 0 Å². The number of hydrogen-bond acceptors (Lipinski definition) is 1. The number of amides is 1. The van der Waals surface area contributed by atoms with Gasteiger partial charge in [0.05, 0.1) is 5.02 Å². The Morgan fingerprint density at radius 1 is 1.11 bits per heavy atom. The molecule has 2 aromatic rings. The fourth-order valence-electron chi connectivity index (χ4n) is 1.73. The second-order valence-corrected chi connectivity index (χ2v) is 5.11. The molecule has 0 aromatic heterocycles. The maximum Gasteiger partial charge on any atom is 0.226 e. The van der Waals surface area contributed by atoms with Crippen molar-refractivity contribution in [2.45, 2.75) is 13.8 Å². The van der Waals surface area contributed by atoms with Crippen LogP contribution in [0.5, 0.6) is 0 Å². The molecule has 98 valence electrons. The van der Waals surface area contributed by atoms with Gasteiger partial charge in [-0.2, -0.15) is 0 Å². The summed E-state index contributed by atoms with van der Waals surface area (Å²) in [6.45, 7) is 3.71. The van der Waals surface area contributed by atoms with E-state index in [1.807, 2.05) is 56.3 Å². The van der Waals surface area contributed by atoms with Gasteiger partial charge in [0.1, 0.15) is 0 Å². The van der Waals surface area contributed by atoms with Gasteiger partial charge in [0.2, 0.25) is 5.91 Å². The van der Waals surface area contributed by atoms with Gasteiger partial charge < -0.3 is 5.32 Å². The van der Waals surface area contributed by atoms with Crippen LogP contribution in [-0.2, 0) is 4.79 Å². The van der Waals surface area contributed by atoms with Crippen LogP contribution in [0.1, 0.15) is 13.8 Å². The highest BCUT2D eigenvalue weighted by Crippen LogP contribution is 2.30. The molecule has 3 heteroatoms. The quantitative estimate of drug-likeness (QED) is 0.870. The van der Waals surface area contributed by atoms with E-state index in [9.17, 15) is 4.79 Å². The summed E-state index contributed by atoms with van der Waals surface area (Å²) in [5.74, 6) is -0.0592. The van der Waals surface area contributed by atoms with E-state index in [-0.39, 0.29) is 11.8 Å². The van der Waals surface area contributed by atoms with E-state index in [0.717, 1.165) is 16.8 Å². The average molecular weight is 274 g/mol. The lowest BCUT2D eigenvalue weighted by Gasteiger charge is -2.10. The largest absolute Gasteiger partial charge is 0.326 e. The highest BCUT2D eigenvalue weighted by molar-refractivity contribution is 6.33. The van der Waals surface area contributed by atoms with Crippen LogP contribution >= 0.6 is 11.6 Å². The number of anilines is 1. The molecule has 0 aliphatic heterocycles. The Morgan fingerprint density at radius 3 is 2.37 bits per heavy atom. The molecular weight excluding hydrogens is 258 g/mol. The SMILES string of the molecule is CC(C)C(=O)Nc1ccc(-c2ccccc2)c(Cl)c1. The predicted octanol–water partition coefficient (Wildman–Crippen LogP) is 4.60. The monoisotopic (exact) mass is 273 g/mol. The second kappa shape index (κ2) is 5.89. The van der Waals surface area contributed by atoms with Gasteiger partial charge in [0.15, 0.2) is 0 Å². The lowest BCUT2D eigenvalue weighted by atomic mass is 10.1. The number of rotatable bonds is 3. The molecule has 0 bridgehead atoms. The van der Waals surface area contributed by atoms with Gasteiger partial charge in [-0.1, -0.05) is 61.8 Å². The molecular formula is C16H16ClNO. The highest BCUT2D eigenvalue weighted by Gasteiger charge is 2.09. The van der Waals surface area contributed by atoms with E-state index in [0.29, 0.717) is 5.02 Å². The number of benzene rings is 2. The summed E-state index contributed by atoms with van der Waals surface area (Å²) in [7, 11) is 0. The predicted molar refractivity (Wildman–Crippen MR) is 80.4 cm³/mol. The lowest BCUT2D eigenvalue weighted by molar-refractivity contribution is -0.118. The van der Waals surface area contributed by atoms with Crippen LogP contribution in [0.3, 0.4) is 0 Å².